The molecule has 0 unspecified atom stereocenters. The molecule has 2 fully saturated rings. The van der Waals surface area contributed by atoms with Crippen LogP contribution in [0.15, 0.2) is 36.4 Å². The van der Waals surface area contributed by atoms with Crippen molar-refractivity contribution in [2.24, 2.45) is 0 Å². The third-order valence-corrected chi connectivity index (χ3v) is 7.38. The van der Waals surface area contributed by atoms with Crippen LogP contribution in [0.5, 0.6) is 0 Å². The zero-order chi connectivity index (χ0) is 30.6. The van der Waals surface area contributed by atoms with Gasteiger partial charge in [0.1, 0.15) is 12.1 Å². The third kappa shape index (κ3) is 6.62. The molecular weight excluding hydrogens is 568 g/mol. The van der Waals surface area contributed by atoms with E-state index >= 15 is 0 Å². The van der Waals surface area contributed by atoms with Gasteiger partial charge in [-0.1, -0.05) is 23.7 Å². The van der Waals surface area contributed by atoms with Gasteiger partial charge in [-0.3, -0.25) is 29.0 Å². The van der Waals surface area contributed by atoms with Gasteiger partial charge in [-0.2, -0.15) is 0 Å². The van der Waals surface area contributed by atoms with Crippen LogP contribution in [0.1, 0.15) is 52.0 Å². The van der Waals surface area contributed by atoms with Crippen LogP contribution in [0, 0.1) is 6.92 Å². The van der Waals surface area contributed by atoms with Crippen molar-refractivity contribution < 1.29 is 33.5 Å². The number of nitrogen functional groups attached to an aromatic ring is 2. The number of aryl methyl sites for hydroxylation is 1. The molecule has 13 nitrogen and oxygen atoms in total. The van der Waals surface area contributed by atoms with Crippen LogP contribution in [0.4, 0.5) is 11.4 Å². The standard InChI is InChI=1S/C28H31ClN6O7/c1-15-4-2-5-18(29)24(15)28(41)42-14-17(36)13-32-26(39)22-6-3-11-34-23(37)10-9-21(27(40)35(22)34)33-25(38)16-7-8-19(30)20(31)12-16/h2,4-5,7-8,12,21-22H,3,6,9-11,13-14,30-31H2,1H3,(H,32,39)(H,33,38)/t21-,22-/m0/s1. The summed E-state index contributed by atoms with van der Waals surface area (Å²) in [7, 11) is 0. The average molecular weight is 599 g/mol. The number of hydrazine groups is 1. The van der Waals surface area contributed by atoms with Crippen molar-refractivity contribution in [3.63, 3.8) is 0 Å². The van der Waals surface area contributed by atoms with E-state index in [1.165, 1.54) is 29.3 Å². The molecule has 0 spiro atoms. The molecular formula is C28H31ClN6O7. The predicted molar refractivity (Wildman–Crippen MR) is 152 cm³/mol. The lowest BCUT2D eigenvalue weighted by atomic mass is 10.1. The van der Waals surface area contributed by atoms with Crippen LogP contribution in [0.3, 0.4) is 0 Å². The number of fused-ring (bicyclic) bond motifs is 1. The molecule has 42 heavy (non-hydrogen) atoms. The van der Waals surface area contributed by atoms with Crippen molar-refractivity contribution in [1.29, 1.82) is 0 Å². The minimum Gasteiger partial charge on any atom is -0.454 e. The molecule has 222 valence electrons. The SMILES string of the molecule is Cc1cccc(Cl)c1C(=O)OCC(=O)CNC(=O)[C@@H]1CCCN2C(=O)CC[C@H](NC(=O)c3ccc(N)c(N)c3)C(=O)N12. The number of hydrogen-bond acceptors (Lipinski definition) is 9. The van der Waals surface area contributed by atoms with Gasteiger partial charge >= 0.3 is 5.97 Å². The largest absolute Gasteiger partial charge is 0.454 e. The van der Waals surface area contributed by atoms with Gasteiger partial charge in [0.25, 0.3) is 11.8 Å². The van der Waals surface area contributed by atoms with E-state index in [4.69, 9.17) is 27.8 Å². The van der Waals surface area contributed by atoms with E-state index in [-0.39, 0.29) is 53.6 Å². The Balaban J connectivity index is 1.39. The summed E-state index contributed by atoms with van der Waals surface area (Å²) in [5.41, 5.74) is 12.9. The first kappa shape index (κ1) is 30.3. The summed E-state index contributed by atoms with van der Waals surface area (Å²) in [5.74, 6) is -3.63. The molecule has 0 bridgehead atoms. The summed E-state index contributed by atoms with van der Waals surface area (Å²) in [5, 5.41) is 7.58. The van der Waals surface area contributed by atoms with E-state index in [1.807, 2.05) is 0 Å². The quantitative estimate of drug-likeness (QED) is 0.253. The molecule has 4 rings (SSSR count). The van der Waals surface area contributed by atoms with E-state index in [0.717, 1.165) is 5.01 Å². The molecule has 2 heterocycles. The number of anilines is 2. The summed E-state index contributed by atoms with van der Waals surface area (Å²) in [6.07, 6.45) is 0.674. The Morgan fingerprint density at radius 3 is 2.55 bits per heavy atom. The lowest BCUT2D eigenvalue weighted by Gasteiger charge is -2.42. The van der Waals surface area contributed by atoms with E-state index < -0.39 is 54.7 Å². The van der Waals surface area contributed by atoms with Crippen LogP contribution in [0.25, 0.3) is 0 Å². The normalized spacial score (nSPS) is 18.5. The highest BCUT2D eigenvalue weighted by Gasteiger charge is 2.44. The second kappa shape index (κ2) is 12.9. The first-order chi connectivity index (χ1) is 20.0. The second-order valence-electron chi connectivity index (χ2n) is 10.0. The molecule has 6 N–H and O–H groups in total. The van der Waals surface area contributed by atoms with Crippen molar-refractivity contribution in [1.82, 2.24) is 20.7 Å². The fourth-order valence-electron chi connectivity index (χ4n) is 4.83. The highest BCUT2D eigenvalue weighted by Crippen LogP contribution is 2.26. The number of halogens is 1. The van der Waals surface area contributed by atoms with Crippen molar-refractivity contribution in [2.75, 3.05) is 31.2 Å². The fraction of sp³-hybridized carbons (Fsp3) is 0.357. The smallest absolute Gasteiger partial charge is 0.340 e. The van der Waals surface area contributed by atoms with Gasteiger partial charge in [0.15, 0.2) is 12.4 Å². The Kier molecular flexibility index (Phi) is 9.31. The summed E-state index contributed by atoms with van der Waals surface area (Å²) in [4.78, 5) is 77.3. The highest BCUT2D eigenvalue weighted by molar-refractivity contribution is 6.33. The lowest BCUT2D eigenvalue weighted by molar-refractivity contribution is -0.176. The molecule has 2 aromatic rings. The molecule has 14 heteroatoms. The number of nitrogens with two attached hydrogens (primary N) is 2. The predicted octanol–water partition coefficient (Wildman–Crippen LogP) is 0.982. The number of carbonyl (C=O) groups excluding carboxylic acids is 6. The molecule has 2 aromatic carbocycles. The van der Waals surface area contributed by atoms with Crippen LogP contribution in [-0.2, 0) is 23.9 Å². The minimum atomic E-state index is -1.10. The van der Waals surface area contributed by atoms with Gasteiger partial charge in [-0.05, 0) is 56.0 Å². The van der Waals surface area contributed by atoms with Crippen LogP contribution >= 0.6 is 11.6 Å². The Morgan fingerprint density at radius 1 is 1.07 bits per heavy atom. The number of hydrogen-bond donors (Lipinski definition) is 4. The Bertz CT molecular complexity index is 1430. The zero-order valence-corrected chi connectivity index (χ0v) is 23.6. The van der Waals surface area contributed by atoms with E-state index in [9.17, 15) is 28.8 Å². The van der Waals surface area contributed by atoms with Crippen molar-refractivity contribution in [3.05, 3.63) is 58.1 Å². The Morgan fingerprint density at radius 2 is 1.83 bits per heavy atom. The Hall–Kier alpha value is -4.65. The third-order valence-electron chi connectivity index (χ3n) is 7.07. The summed E-state index contributed by atoms with van der Waals surface area (Å²) in [6, 6.07) is 7.00. The number of amides is 4. The number of esters is 1. The molecule has 2 aliphatic rings. The minimum absolute atomic E-state index is 0.0276. The summed E-state index contributed by atoms with van der Waals surface area (Å²) >= 11 is 6.06. The molecule has 0 aliphatic carbocycles. The van der Waals surface area contributed by atoms with Gasteiger partial charge in [-0.25, -0.2) is 9.80 Å². The first-order valence-corrected chi connectivity index (χ1v) is 13.7. The molecule has 2 aliphatic heterocycles. The van der Waals surface area contributed by atoms with Crippen molar-refractivity contribution >= 4 is 58.4 Å². The van der Waals surface area contributed by atoms with E-state index in [1.54, 1.807) is 19.1 Å². The van der Waals surface area contributed by atoms with Gasteiger partial charge in [-0.15, -0.1) is 0 Å². The maximum absolute atomic E-state index is 13.6. The van der Waals surface area contributed by atoms with Gasteiger partial charge in [0.05, 0.1) is 28.5 Å². The molecule has 0 saturated carbocycles. The van der Waals surface area contributed by atoms with E-state index in [2.05, 4.69) is 10.6 Å². The number of rotatable bonds is 8. The van der Waals surface area contributed by atoms with Gasteiger partial charge < -0.3 is 26.8 Å². The number of ketones is 1. The van der Waals surface area contributed by atoms with Crippen LogP contribution in [0.2, 0.25) is 5.02 Å². The van der Waals surface area contributed by atoms with Crippen molar-refractivity contribution in [2.45, 2.75) is 44.7 Å². The zero-order valence-electron chi connectivity index (χ0n) is 22.9. The number of nitrogens with one attached hydrogen (secondary N) is 2. The maximum atomic E-state index is 13.6. The van der Waals surface area contributed by atoms with Gasteiger partial charge in [0, 0.05) is 18.5 Å². The second-order valence-corrected chi connectivity index (χ2v) is 10.4. The summed E-state index contributed by atoms with van der Waals surface area (Å²) in [6.45, 7) is 0.820. The number of carbonyl (C=O) groups is 6. The van der Waals surface area contributed by atoms with Crippen molar-refractivity contribution in [3.8, 4) is 0 Å². The van der Waals surface area contributed by atoms with Crippen LogP contribution < -0.4 is 22.1 Å². The fourth-order valence-corrected chi connectivity index (χ4v) is 5.13. The molecule has 0 aromatic heterocycles. The molecule has 2 saturated heterocycles. The molecule has 0 radical (unpaired) electrons. The number of ether oxygens (including phenoxy) is 1. The molecule has 4 amide bonds. The molecule has 2 atom stereocenters. The number of nitrogens with zero attached hydrogens (tertiary/aromatic N) is 2. The Labute approximate surface area is 246 Å². The topological polar surface area (TPSA) is 194 Å². The monoisotopic (exact) mass is 598 g/mol. The maximum Gasteiger partial charge on any atom is 0.340 e. The average Bonchev–Trinajstić information content (AvgIpc) is 3.08. The lowest BCUT2D eigenvalue weighted by Crippen LogP contribution is -2.63. The van der Waals surface area contributed by atoms with Crippen LogP contribution in [-0.4, -0.2) is 77.2 Å². The number of benzene rings is 2. The van der Waals surface area contributed by atoms with Gasteiger partial charge in [0.2, 0.25) is 11.8 Å². The number of Topliss-reactive ketones (excluding diaryl/α,β-unsaturated/α-hetero) is 1. The summed E-state index contributed by atoms with van der Waals surface area (Å²) < 4.78 is 5.07. The van der Waals surface area contributed by atoms with E-state index in [0.29, 0.717) is 17.7 Å². The highest BCUT2D eigenvalue weighted by atomic mass is 35.5. The first-order valence-electron chi connectivity index (χ1n) is 13.3.